The van der Waals surface area contributed by atoms with E-state index in [0.717, 1.165) is 24.8 Å². The number of rotatable bonds is 3. The molecule has 0 fully saturated rings. The fraction of sp³-hybridized carbons (Fsp3) is 0.538. The molecule has 1 amide bonds. The number of nitrogens with one attached hydrogen (secondary N) is 1. The summed E-state index contributed by atoms with van der Waals surface area (Å²) < 4.78 is 0. The summed E-state index contributed by atoms with van der Waals surface area (Å²) in [6.07, 6.45) is 3.05. The molecule has 1 aromatic rings. The second-order valence-corrected chi connectivity index (χ2v) is 5.90. The van der Waals surface area contributed by atoms with Gasteiger partial charge in [0, 0.05) is 10.3 Å². The molecule has 1 aliphatic carbocycles. The number of hydrogen-bond donors (Lipinski definition) is 2. The Labute approximate surface area is 110 Å². The highest BCUT2D eigenvalue weighted by molar-refractivity contribution is 7.10. The molecule has 0 radical (unpaired) electrons. The maximum atomic E-state index is 12.0. The fourth-order valence-corrected chi connectivity index (χ4v) is 3.45. The summed E-state index contributed by atoms with van der Waals surface area (Å²) in [7, 11) is 0. The summed E-state index contributed by atoms with van der Waals surface area (Å²) >= 11 is 1.61. The zero-order valence-electron chi connectivity index (χ0n) is 10.5. The third kappa shape index (κ3) is 2.56. The van der Waals surface area contributed by atoms with E-state index >= 15 is 0 Å². The average molecular weight is 267 g/mol. The van der Waals surface area contributed by atoms with E-state index in [9.17, 15) is 9.59 Å². The van der Waals surface area contributed by atoms with Crippen molar-refractivity contribution in [2.75, 3.05) is 0 Å². The van der Waals surface area contributed by atoms with E-state index in [1.54, 1.807) is 11.3 Å². The van der Waals surface area contributed by atoms with E-state index < -0.39 is 12.0 Å². The first-order chi connectivity index (χ1) is 8.49. The number of carboxylic acid groups (broad SMARTS) is 1. The molecular formula is C13H17NO3S. The van der Waals surface area contributed by atoms with Gasteiger partial charge in [-0.2, -0.15) is 0 Å². The Balaban J connectivity index is 2.15. The first-order valence-electron chi connectivity index (χ1n) is 6.12. The number of carbonyl (C=O) groups excluding carboxylic acids is 1. The molecule has 0 spiro atoms. The van der Waals surface area contributed by atoms with Crippen molar-refractivity contribution in [1.29, 1.82) is 0 Å². The summed E-state index contributed by atoms with van der Waals surface area (Å²) in [6.45, 7) is 3.69. The Kier molecular flexibility index (Phi) is 3.71. The Morgan fingerprint density at radius 1 is 1.56 bits per heavy atom. The van der Waals surface area contributed by atoms with Crippen molar-refractivity contribution in [3.63, 3.8) is 0 Å². The van der Waals surface area contributed by atoms with Crippen LogP contribution in [0.3, 0.4) is 0 Å². The second-order valence-electron chi connectivity index (χ2n) is 4.93. The molecule has 98 valence electrons. The van der Waals surface area contributed by atoms with Crippen molar-refractivity contribution in [2.45, 2.75) is 39.2 Å². The largest absolute Gasteiger partial charge is 0.480 e. The summed E-state index contributed by atoms with van der Waals surface area (Å²) in [5.41, 5.74) is 1.78. The molecule has 2 atom stereocenters. The lowest BCUT2D eigenvalue weighted by molar-refractivity contribution is -0.138. The lowest BCUT2D eigenvalue weighted by atomic mass is 9.88. The summed E-state index contributed by atoms with van der Waals surface area (Å²) in [6, 6.07) is -0.851. The molecule has 0 aromatic carbocycles. The monoisotopic (exact) mass is 267 g/mol. The highest BCUT2D eigenvalue weighted by atomic mass is 32.1. The number of carboxylic acids is 1. The molecule has 18 heavy (non-hydrogen) atoms. The highest BCUT2D eigenvalue weighted by Gasteiger charge is 2.24. The van der Waals surface area contributed by atoms with Crippen LogP contribution in [0.4, 0.5) is 0 Å². The average Bonchev–Trinajstić information content (AvgIpc) is 2.71. The number of carbonyl (C=O) groups is 2. The third-order valence-electron chi connectivity index (χ3n) is 3.36. The lowest BCUT2D eigenvalue weighted by Crippen LogP contribution is -2.38. The number of aliphatic carboxylic acids is 1. The van der Waals surface area contributed by atoms with Crippen molar-refractivity contribution in [1.82, 2.24) is 5.32 Å². The lowest BCUT2D eigenvalue weighted by Gasteiger charge is -2.19. The SMILES string of the molecule is CC1CCc2c(C(=O)N[C@@H](C)C(=O)O)csc2C1. The van der Waals surface area contributed by atoms with Crippen LogP contribution in [0.25, 0.3) is 0 Å². The quantitative estimate of drug-likeness (QED) is 0.881. The highest BCUT2D eigenvalue weighted by Crippen LogP contribution is 2.32. The van der Waals surface area contributed by atoms with Gasteiger partial charge in [0.2, 0.25) is 0 Å². The summed E-state index contributed by atoms with van der Waals surface area (Å²) in [4.78, 5) is 24.0. The Bertz CT molecular complexity index is 481. The molecule has 0 bridgehead atoms. The standard InChI is InChI=1S/C13H17NO3S/c1-7-3-4-9-10(6-18-11(9)5-7)12(15)14-8(2)13(16)17/h6-8H,3-5H2,1-2H3,(H,14,15)(H,16,17)/t7?,8-/m0/s1. The fourth-order valence-electron chi connectivity index (χ4n) is 2.20. The predicted molar refractivity (Wildman–Crippen MR) is 70.1 cm³/mol. The van der Waals surface area contributed by atoms with Gasteiger partial charge in [0.1, 0.15) is 6.04 Å². The smallest absolute Gasteiger partial charge is 0.325 e. The number of amides is 1. The van der Waals surface area contributed by atoms with E-state index in [-0.39, 0.29) is 5.91 Å². The minimum Gasteiger partial charge on any atom is -0.480 e. The first-order valence-corrected chi connectivity index (χ1v) is 7.00. The van der Waals surface area contributed by atoms with Gasteiger partial charge in [0.25, 0.3) is 5.91 Å². The molecule has 4 nitrogen and oxygen atoms in total. The molecule has 1 heterocycles. The van der Waals surface area contributed by atoms with E-state index in [1.807, 2.05) is 5.38 Å². The zero-order chi connectivity index (χ0) is 13.3. The minimum absolute atomic E-state index is 0.267. The van der Waals surface area contributed by atoms with Crippen molar-refractivity contribution in [3.8, 4) is 0 Å². The van der Waals surface area contributed by atoms with E-state index in [1.165, 1.54) is 11.8 Å². The van der Waals surface area contributed by atoms with Crippen LogP contribution in [-0.4, -0.2) is 23.0 Å². The van der Waals surface area contributed by atoms with Crippen LogP contribution in [0.15, 0.2) is 5.38 Å². The second kappa shape index (κ2) is 5.10. The molecule has 1 unspecified atom stereocenters. The molecule has 5 heteroatoms. The van der Waals surface area contributed by atoms with Gasteiger partial charge in [-0.3, -0.25) is 9.59 Å². The number of hydrogen-bond acceptors (Lipinski definition) is 3. The topological polar surface area (TPSA) is 66.4 Å². The molecule has 2 rings (SSSR count). The van der Waals surface area contributed by atoms with Crippen molar-refractivity contribution < 1.29 is 14.7 Å². The van der Waals surface area contributed by atoms with Gasteiger partial charge in [-0.1, -0.05) is 6.92 Å². The molecule has 1 aliphatic rings. The van der Waals surface area contributed by atoms with Crippen LogP contribution in [-0.2, 0) is 17.6 Å². The van der Waals surface area contributed by atoms with E-state index in [2.05, 4.69) is 12.2 Å². The summed E-state index contributed by atoms with van der Waals surface area (Å²) in [5, 5.41) is 13.2. The normalized spacial score (nSPS) is 20.0. The van der Waals surface area contributed by atoms with Crippen LogP contribution in [0.5, 0.6) is 0 Å². The van der Waals surface area contributed by atoms with Gasteiger partial charge < -0.3 is 10.4 Å². The Hall–Kier alpha value is -1.36. The number of thiophene rings is 1. The molecule has 0 saturated carbocycles. The number of fused-ring (bicyclic) bond motifs is 1. The van der Waals surface area contributed by atoms with Gasteiger partial charge in [0.15, 0.2) is 0 Å². The van der Waals surface area contributed by atoms with E-state index in [0.29, 0.717) is 11.5 Å². The Morgan fingerprint density at radius 3 is 2.94 bits per heavy atom. The van der Waals surface area contributed by atoms with Gasteiger partial charge in [-0.05, 0) is 37.7 Å². The van der Waals surface area contributed by atoms with Gasteiger partial charge >= 0.3 is 5.97 Å². The predicted octanol–water partition coefficient (Wildman–Crippen LogP) is 2.08. The molecule has 0 aliphatic heterocycles. The van der Waals surface area contributed by atoms with E-state index in [4.69, 9.17) is 5.11 Å². The molecular weight excluding hydrogens is 250 g/mol. The van der Waals surface area contributed by atoms with Crippen LogP contribution in [0.1, 0.15) is 41.1 Å². The van der Waals surface area contributed by atoms with Crippen molar-refractivity contribution in [2.24, 2.45) is 5.92 Å². The van der Waals surface area contributed by atoms with Crippen LogP contribution >= 0.6 is 11.3 Å². The molecule has 0 saturated heterocycles. The van der Waals surface area contributed by atoms with Crippen LogP contribution < -0.4 is 5.32 Å². The minimum atomic E-state index is -1.01. The first kappa shape index (κ1) is 13.1. The van der Waals surface area contributed by atoms with Gasteiger partial charge in [0.05, 0.1) is 5.56 Å². The Morgan fingerprint density at radius 2 is 2.28 bits per heavy atom. The third-order valence-corrected chi connectivity index (χ3v) is 4.42. The molecule has 2 N–H and O–H groups in total. The zero-order valence-corrected chi connectivity index (χ0v) is 11.3. The van der Waals surface area contributed by atoms with Gasteiger partial charge in [-0.25, -0.2) is 0 Å². The maximum Gasteiger partial charge on any atom is 0.325 e. The maximum absolute atomic E-state index is 12.0. The summed E-state index contributed by atoms with van der Waals surface area (Å²) in [5.74, 6) is -0.608. The van der Waals surface area contributed by atoms with Crippen molar-refractivity contribution in [3.05, 3.63) is 21.4 Å². The van der Waals surface area contributed by atoms with Crippen molar-refractivity contribution >= 4 is 23.2 Å². The van der Waals surface area contributed by atoms with Crippen LogP contribution in [0.2, 0.25) is 0 Å². The van der Waals surface area contributed by atoms with Gasteiger partial charge in [-0.15, -0.1) is 11.3 Å². The van der Waals surface area contributed by atoms with Crippen LogP contribution in [0, 0.1) is 5.92 Å². The molecule has 1 aromatic heterocycles.